The number of ether oxygens (including phenoxy) is 2. The fourth-order valence-corrected chi connectivity index (χ4v) is 3.67. The molecule has 0 unspecified atom stereocenters. The van der Waals surface area contributed by atoms with Crippen molar-refractivity contribution in [3.05, 3.63) is 34.6 Å². The molecule has 2 heterocycles. The lowest BCUT2D eigenvalue weighted by atomic mass is 10.1. The minimum absolute atomic E-state index is 0.730. The first-order valence-electron chi connectivity index (χ1n) is 7.23. The van der Waals surface area contributed by atoms with E-state index in [1.54, 1.807) is 25.6 Å². The van der Waals surface area contributed by atoms with E-state index in [-0.39, 0.29) is 0 Å². The molecule has 0 fully saturated rings. The fraction of sp³-hybridized carbons (Fsp3) is 0.400. The van der Waals surface area contributed by atoms with Crippen LogP contribution in [0.1, 0.15) is 23.3 Å². The van der Waals surface area contributed by atoms with Crippen LogP contribution in [0.15, 0.2) is 18.2 Å². The van der Waals surface area contributed by atoms with Gasteiger partial charge in [0, 0.05) is 6.42 Å². The molecule has 8 heteroatoms. The molecule has 3 rings (SSSR count). The first-order chi connectivity index (χ1) is 11.2. The molecule has 0 aliphatic heterocycles. The summed E-state index contributed by atoms with van der Waals surface area (Å²) in [6, 6.07) is 5.92. The van der Waals surface area contributed by atoms with E-state index in [1.165, 1.54) is 0 Å². The summed E-state index contributed by atoms with van der Waals surface area (Å²) in [5.41, 5.74) is 1.12. The van der Waals surface area contributed by atoms with Gasteiger partial charge in [-0.1, -0.05) is 24.3 Å². The van der Waals surface area contributed by atoms with E-state index in [0.29, 0.717) is 0 Å². The molecule has 0 radical (unpaired) electrons. The van der Waals surface area contributed by atoms with Crippen molar-refractivity contribution in [1.82, 2.24) is 19.8 Å². The Morgan fingerprint density at radius 1 is 1.17 bits per heavy atom. The van der Waals surface area contributed by atoms with Crippen molar-refractivity contribution in [3.8, 4) is 11.5 Å². The lowest BCUT2D eigenvalue weighted by molar-refractivity contribution is 0.354. The molecule has 2 aromatic heterocycles. The van der Waals surface area contributed by atoms with Crippen LogP contribution in [-0.4, -0.2) is 39.8 Å². The first-order valence-corrected chi connectivity index (χ1v) is 9.21. The van der Waals surface area contributed by atoms with Crippen molar-refractivity contribution < 1.29 is 9.47 Å². The van der Waals surface area contributed by atoms with E-state index in [2.05, 4.69) is 22.2 Å². The molecule has 0 bridgehead atoms. The molecule has 3 aromatic rings. The SMILES string of the molecule is CCSCc1nnc2sc(Cc3ccc(OC)c(OC)c3)nn12. The monoisotopic (exact) mass is 350 g/mol. The Hall–Kier alpha value is -1.80. The zero-order valence-corrected chi connectivity index (χ0v) is 14.9. The van der Waals surface area contributed by atoms with E-state index >= 15 is 0 Å². The van der Waals surface area contributed by atoms with Gasteiger partial charge in [0.15, 0.2) is 17.3 Å². The third-order valence-electron chi connectivity index (χ3n) is 3.34. The second kappa shape index (κ2) is 7.18. The van der Waals surface area contributed by atoms with Gasteiger partial charge in [-0.3, -0.25) is 0 Å². The van der Waals surface area contributed by atoms with Gasteiger partial charge in [-0.15, -0.1) is 10.2 Å². The summed E-state index contributed by atoms with van der Waals surface area (Å²) >= 11 is 3.38. The highest BCUT2D eigenvalue weighted by atomic mass is 32.2. The summed E-state index contributed by atoms with van der Waals surface area (Å²) in [6.07, 6.45) is 0.731. The van der Waals surface area contributed by atoms with Gasteiger partial charge in [-0.05, 0) is 23.4 Å². The number of rotatable bonds is 7. The average Bonchev–Trinajstić information content (AvgIpc) is 3.13. The molecule has 0 N–H and O–H groups in total. The Morgan fingerprint density at radius 2 is 2.00 bits per heavy atom. The van der Waals surface area contributed by atoms with Crippen LogP contribution >= 0.6 is 23.1 Å². The van der Waals surface area contributed by atoms with Crippen LogP contribution in [0, 0.1) is 0 Å². The second-order valence-corrected chi connectivity index (χ2v) is 7.12. The summed E-state index contributed by atoms with van der Waals surface area (Å²) in [4.78, 5) is 0.840. The van der Waals surface area contributed by atoms with Gasteiger partial charge in [0.25, 0.3) is 0 Å². The van der Waals surface area contributed by atoms with Crippen molar-refractivity contribution in [3.63, 3.8) is 0 Å². The zero-order valence-electron chi connectivity index (χ0n) is 13.3. The van der Waals surface area contributed by atoms with Crippen molar-refractivity contribution in [1.29, 1.82) is 0 Å². The van der Waals surface area contributed by atoms with Crippen molar-refractivity contribution in [2.24, 2.45) is 0 Å². The van der Waals surface area contributed by atoms with Gasteiger partial charge in [0.1, 0.15) is 5.01 Å². The molecule has 0 aliphatic rings. The maximum atomic E-state index is 5.35. The van der Waals surface area contributed by atoms with Gasteiger partial charge in [0.05, 0.1) is 20.0 Å². The molecule has 0 saturated carbocycles. The largest absolute Gasteiger partial charge is 0.493 e. The number of hydrogen-bond acceptors (Lipinski definition) is 7. The van der Waals surface area contributed by atoms with Crippen LogP contribution in [-0.2, 0) is 12.2 Å². The molecular weight excluding hydrogens is 332 g/mol. The zero-order chi connectivity index (χ0) is 16.2. The molecule has 0 saturated heterocycles. The van der Waals surface area contributed by atoms with Gasteiger partial charge in [-0.2, -0.15) is 21.4 Å². The van der Waals surface area contributed by atoms with Crippen molar-refractivity contribution >= 4 is 28.1 Å². The Morgan fingerprint density at radius 3 is 2.74 bits per heavy atom. The molecule has 0 aliphatic carbocycles. The van der Waals surface area contributed by atoms with E-state index in [4.69, 9.17) is 9.47 Å². The Balaban J connectivity index is 1.82. The van der Waals surface area contributed by atoms with Crippen LogP contribution < -0.4 is 9.47 Å². The van der Waals surface area contributed by atoms with Gasteiger partial charge in [0.2, 0.25) is 4.96 Å². The minimum Gasteiger partial charge on any atom is -0.493 e. The molecule has 122 valence electrons. The Bertz CT molecular complexity index is 800. The summed E-state index contributed by atoms with van der Waals surface area (Å²) in [6.45, 7) is 2.13. The third kappa shape index (κ3) is 3.42. The summed E-state index contributed by atoms with van der Waals surface area (Å²) in [5, 5.41) is 14.0. The van der Waals surface area contributed by atoms with Crippen LogP contribution in [0.2, 0.25) is 0 Å². The van der Waals surface area contributed by atoms with Crippen molar-refractivity contribution in [2.75, 3.05) is 20.0 Å². The number of hydrogen-bond donors (Lipinski definition) is 0. The minimum atomic E-state index is 0.730. The number of benzene rings is 1. The topological polar surface area (TPSA) is 61.5 Å². The Kier molecular flexibility index (Phi) is 5.02. The highest BCUT2D eigenvalue weighted by Crippen LogP contribution is 2.29. The van der Waals surface area contributed by atoms with Gasteiger partial charge < -0.3 is 9.47 Å². The summed E-state index contributed by atoms with van der Waals surface area (Å²) in [7, 11) is 3.28. The van der Waals surface area contributed by atoms with Crippen LogP contribution in [0.5, 0.6) is 11.5 Å². The van der Waals surface area contributed by atoms with E-state index in [9.17, 15) is 0 Å². The number of nitrogens with zero attached hydrogens (tertiary/aromatic N) is 4. The molecule has 1 aromatic carbocycles. The Labute approximate surface area is 142 Å². The maximum Gasteiger partial charge on any atom is 0.234 e. The molecule has 0 atom stereocenters. The third-order valence-corrected chi connectivity index (χ3v) is 5.11. The van der Waals surface area contributed by atoms with Crippen molar-refractivity contribution in [2.45, 2.75) is 19.1 Å². The highest BCUT2D eigenvalue weighted by Gasteiger charge is 2.13. The maximum absolute atomic E-state index is 5.35. The lowest BCUT2D eigenvalue weighted by Gasteiger charge is -2.08. The van der Waals surface area contributed by atoms with Gasteiger partial charge >= 0.3 is 0 Å². The number of aromatic nitrogens is 4. The van der Waals surface area contributed by atoms with E-state index < -0.39 is 0 Å². The number of methoxy groups -OCH3 is 2. The standard InChI is InChI=1S/C15H18N4O2S2/c1-4-22-9-13-16-17-15-19(13)18-14(23-15)8-10-5-6-11(20-2)12(7-10)21-3/h5-7H,4,8-9H2,1-3H3. The second-order valence-electron chi connectivity index (χ2n) is 4.81. The van der Waals surface area contributed by atoms with E-state index in [1.807, 2.05) is 34.5 Å². The predicted molar refractivity (Wildman–Crippen MR) is 92.8 cm³/mol. The average molecular weight is 350 g/mol. The smallest absolute Gasteiger partial charge is 0.234 e. The predicted octanol–water partition coefficient (Wildman–Crippen LogP) is 3.05. The summed E-state index contributed by atoms with van der Waals surface area (Å²) in [5.74, 6) is 4.25. The lowest BCUT2D eigenvalue weighted by Crippen LogP contribution is -1.97. The number of thioether (sulfide) groups is 1. The highest BCUT2D eigenvalue weighted by molar-refractivity contribution is 7.98. The van der Waals surface area contributed by atoms with Gasteiger partial charge in [-0.25, -0.2) is 0 Å². The fourth-order valence-electron chi connectivity index (χ4n) is 2.22. The normalized spacial score (nSPS) is 11.1. The van der Waals surface area contributed by atoms with E-state index in [0.717, 1.165) is 50.8 Å². The first kappa shape index (κ1) is 16.1. The molecular formula is C15H18N4O2S2. The van der Waals surface area contributed by atoms with Crippen LogP contribution in [0.3, 0.4) is 0 Å². The van der Waals surface area contributed by atoms with Crippen LogP contribution in [0.25, 0.3) is 4.96 Å². The summed E-state index contributed by atoms with van der Waals surface area (Å²) < 4.78 is 12.5. The van der Waals surface area contributed by atoms with Crippen LogP contribution in [0.4, 0.5) is 0 Å². The molecule has 23 heavy (non-hydrogen) atoms. The molecule has 0 amide bonds. The quantitative estimate of drug-likeness (QED) is 0.653. The molecule has 0 spiro atoms. The number of fused-ring (bicyclic) bond motifs is 1. The molecule has 6 nitrogen and oxygen atoms in total.